The van der Waals surface area contributed by atoms with Crippen LogP contribution in [-0.2, 0) is 15.6 Å². The van der Waals surface area contributed by atoms with E-state index in [2.05, 4.69) is 14.7 Å². The van der Waals surface area contributed by atoms with Gasteiger partial charge in [-0.1, -0.05) is 18.2 Å². The van der Waals surface area contributed by atoms with Gasteiger partial charge in [-0.05, 0) is 48.5 Å². The van der Waals surface area contributed by atoms with E-state index in [0.717, 1.165) is 0 Å². The molecule has 0 bridgehead atoms. The average molecular weight is 479 g/mol. The zero-order valence-electron chi connectivity index (χ0n) is 17.7. The van der Waals surface area contributed by atoms with Crippen LogP contribution in [-0.4, -0.2) is 47.4 Å². The highest BCUT2D eigenvalue weighted by Gasteiger charge is 2.47. The molecule has 1 saturated heterocycles. The highest BCUT2D eigenvalue weighted by Crippen LogP contribution is 2.34. The summed E-state index contributed by atoms with van der Waals surface area (Å²) in [5.74, 6) is -1.13. The number of pyridine rings is 2. The number of likely N-dealkylation sites (tertiary alicyclic amines) is 1. The summed E-state index contributed by atoms with van der Waals surface area (Å²) in [4.78, 5) is 21.9. The average Bonchev–Trinajstić information content (AvgIpc) is 2.82. The standard InChI is InChI=1S/C24H19FN4O4S/c25-22-19(6-3-13-27-22)24(31)14-29(15-24)23(30)17-8-10-18(11-9-17)28-34(32,33)20-7-1-4-16-5-2-12-26-21(16)20/h1-13,28,31H,14-15H2. The minimum absolute atomic E-state index is 0.0479. The highest BCUT2D eigenvalue weighted by molar-refractivity contribution is 7.93. The van der Waals surface area contributed by atoms with Gasteiger partial charge in [0.15, 0.2) is 0 Å². The number of fused-ring (bicyclic) bond motifs is 1. The molecule has 2 aromatic heterocycles. The van der Waals surface area contributed by atoms with Gasteiger partial charge in [0.2, 0.25) is 5.95 Å². The molecule has 1 amide bonds. The van der Waals surface area contributed by atoms with Crippen LogP contribution in [0.3, 0.4) is 0 Å². The van der Waals surface area contributed by atoms with Crippen molar-refractivity contribution in [3.8, 4) is 0 Å². The maximum absolute atomic E-state index is 13.9. The number of β-amino-alcohol motifs (C(OH)–C–C–N with tert-alkyl or cyclic N) is 1. The predicted octanol–water partition coefficient (Wildman–Crippen LogP) is 2.91. The number of carbonyl (C=O) groups is 1. The number of halogens is 1. The van der Waals surface area contributed by atoms with Gasteiger partial charge in [-0.15, -0.1) is 0 Å². The lowest BCUT2D eigenvalue weighted by Gasteiger charge is -2.46. The summed E-state index contributed by atoms with van der Waals surface area (Å²) in [6.45, 7) is -0.145. The van der Waals surface area contributed by atoms with Gasteiger partial charge in [0.05, 0.1) is 18.6 Å². The van der Waals surface area contributed by atoms with Crippen molar-refractivity contribution >= 4 is 32.5 Å². The van der Waals surface area contributed by atoms with E-state index < -0.39 is 21.6 Å². The first-order chi connectivity index (χ1) is 16.3. The molecule has 1 aliphatic heterocycles. The molecule has 3 heterocycles. The number of sulfonamides is 1. The molecule has 34 heavy (non-hydrogen) atoms. The van der Waals surface area contributed by atoms with Crippen LogP contribution in [0.2, 0.25) is 0 Å². The number of nitrogens with zero attached hydrogens (tertiary/aromatic N) is 3. The smallest absolute Gasteiger partial charge is 0.264 e. The van der Waals surface area contributed by atoms with Crippen molar-refractivity contribution in [1.29, 1.82) is 0 Å². The summed E-state index contributed by atoms with van der Waals surface area (Å²) in [7, 11) is -3.92. The molecule has 0 atom stereocenters. The van der Waals surface area contributed by atoms with Crippen molar-refractivity contribution in [1.82, 2.24) is 14.9 Å². The quantitative estimate of drug-likeness (QED) is 0.427. The van der Waals surface area contributed by atoms with E-state index in [1.54, 1.807) is 24.3 Å². The molecule has 1 aliphatic rings. The fourth-order valence-corrected chi connectivity index (χ4v) is 5.24. The Morgan fingerprint density at radius 1 is 0.971 bits per heavy atom. The highest BCUT2D eigenvalue weighted by atomic mass is 32.2. The largest absolute Gasteiger partial charge is 0.381 e. The van der Waals surface area contributed by atoms with Crippen LogP contribution in [0.5, 0.6) is 0 Å². The first-order valence-electron chi connectivity index (χ1n) is 10.4. The van der Waals surface area contributed by atoms with Crippen LogP contribution in [0.25, 0.3) is 10.9 Å². The maximum Gasteiger partial charge on any atom is 0.264 e. The van der Waals surface area contributed by atoms with Gasteiger partial charge in [-0.25, -0.2) is 13.4 Å². The van der Waals surface area contributed by atoms with E-state index in [0.29, 0.717) is 16.5 Å². The van der Waals surface area contributed by atoms with E-state index in [-0.39, 0.29) is 35.1 Å². The molecule has 172 valence electrons. The first-order valence-corrected chi connectivity index (χ1v) is 11.8. The number of para-hydroxylation sites is 1. The SMILES string of the molecule is O=C(c1ccc(NS(=O)(=O)c2cccc3cccnc23)cc1)N1CC(O)(c2cccnc2F)C1. The lowest BCUT2D eigenvalue weighted by atomic mass is 9.86. The Morgan fingerprint density at radius 2 is 1.65 bits per heavy atom. The number of carbonyl (C=O) groups excluding carboxylic acids is 1. The zero-order chi connectivity index (χ0) is 23.9. The molecule has 2 N–H and O–H groups in total. The van der Waals surface area contributed by atoms with Gasteiger partial charge in [0.25, 0.3) is 15.9 Å². The Kier molecular flexibility index (Phi) is 5.26. The van der Waals surface area contributed by atoms with Crippen LogP contribution in [0.15, 0.2) is 84.0 Å². The van der Waals surface area contributed by atoms with E-state index in [1.165, 1.54) is 59.8 Å². The van der Waals surface area contributed by atoms with Crippen molar-refractivity contribution < 1.29 is 22.7 Å². The van der Waals surface area contributed by atoms with E-state index >= 15 is 0 Å². The fourth-order valence-electron chi connectivity index (χ4n) is 4.00. The Morgan fingerprint density at radius 3 is 2.38 bits per heavy atom. The molecule has 1 fully saturated rings. The second-order valence-corrected chi connectivity index (χ2v) is 9.70. The number of hydrogen-bond donors (Lipinski definition) is 2. The summed E-state index contributed by atoms with van der Waals surface area (Å²) in [6, 6.07) is 17.3. The molecule has 0 unspecified atom stereocenters. The van der Waals surface area contributed by atoms with Crippen LogP contribution in [0.1, 0.15) is 15.9 Å². The summed E-state index contributed by atoms with van der Waals surface area (Å²) >= 11 is 0. The molecule has 5 rings (SSSR count). The van der Waals surface area contributed by atoms with Gasteiger partial charge in [-0.2, -0.15) is 4.39 Å². The molecule has 8 nitrogen and oxygen atoms in total. The molecular formula is C24H19FN4O4S. The van der Waals surface area contributed by atoms with E-state index in [9.17, 15) is 22.7 Å². The second kappa shape index (κ2) is 8.15. The summed E-state index contributed by atoms with van der Waals surface area (Å²) in [5, 5.41) is 11.3. The molecule has 4 aromatic rings. The monoisotopic (exact) mass is 478 g/mol. The van der Waals surface area contributed by atoms with E-state index in [4.69, 9.17) is 0 Å². The minimum Gasteiger partial charge on any atom is -0.381 e. The lowest BCUT2D eigenvalue weighted by molar-refractivity contribution is -0.0888. The minimum atomic E-state index is -3.92. The van der Waals surface area contributed by atoms with Gasteiger partial charge in [-0.3, -0.25) is 14.5 Å². The third-order valence-corrected chi connectivity index (χ3v) is 7.13. The third kappa shape index (κ3) is 3.87. The number of aromatic nitrogens is 2. The third-order valence-electron chi connectivity index (χ3n) is 5.72. The molecule has 0 radical (unpaired) electrons. The molecule has 0 spiro atoms. The number of nitrogens with one attached hydrogen (secondary N) is 1. The van der Waals surface area contributed by atoms with Crippen molar-refractivity contribution in [2.24, 2.45) is 0 Å². The Balaban J connectivity index is 1.30. The Labute approximate surface area is 194 Å². The van der Waals surface area contributed by atoms with Crippen LogP contribution in [0.4, 0.5) is 10.1 Å². The van der Waals surface area contributed by atoms with Crippen molar-refractivity contribution in [3.63, 3.8) is 0 Å². The predicted molar refractivity (Wildman–Crippen MR) is 123 cm³/mol. The van der Waals surface area contributed by atoms with Crippen molar-refractivity contribution in [2.75, 3.05) is 17.8 Å². The number of rotatable bonds is 5. The van der Waals surface area contributed by atoms with Crippen LogP contribution in [0, 0.1) is 5.95 Å². The molecular weight excluding hydrogens is 459 g/mol. The zero-order valence-corrected chi connectivity index (χ0v) is 18.5. The number of aliphatic hydroxyl groups is 1. The number of anilines is 1. The number of hydrogen-bond acceptors (Lipinski definition) is 6. The van der Waals surface area contributed by atoms with Gasteiger partial charge in [0, 0.05) is 34.6 Å². The molecule has 10 heteroatoms. The van der Waals surface area contributed by atoms with Crippen molar-refractivity contribution in [2.45, 2.75) is 10.5 Å². The number of amides is 1. The van der Waals surface area contributed by atoms with Gasteiger partial charge in [0.1, 0.15) is 10.5 Å². The molecule has 0 aliphatic carbocycles. The first kappa shape index (κ1) is 21.9. The summed E-state index contributed by atoms with van der Waals surface area (Å²) in [6.07, 6.45) is 2.82. The lowest BCUT2D eigenvalue weighted by Crippen LogP contribution is -2.61. The number of benzene rings is 2. The second-order valence-electron chi connectivity index (χ2n) is 8.05. The van der Waals surface area contributed by atoms with E-state index in [1.807, 2.05) is 0 Å². The Bertz CT molecular complexity index is 1500. The molecule has 0 saturated carbocycles. The normalized spacial score (nSPS) is 15.1. The van der Waals surface area contributed by atoms with Gasteiger partial charge >= 0.3 is 0 Å². The Hall–Kier alpha value is -3.89. The van der Waals surface area contributed by atoms with Crippen LogP contribution < -0.4 is 4.72 Å². The fraction of sp³-hybridized carbons (Fsp3) is 0.125. The van der Waals surface area contributed by atoms with Crippen LogP contribution >= 0.6 is 0 Å². The maximum atomic E-state index is 13.9. The van der Waals surface area contributed by atoms with Crippen molar-refractivity contribution in [3.05, 3.63) is 96.2 Å². The topological polar surface area (TPSA) is 112 Å². The van der Waals surface area contributed by atoms with Gasteiger partial charge < -0.3 is 10.0 Å². The summed E-state index contributed by atoms with van der Waals surface area (Å²) in [5.41, 5.74) is -0.493. The molecule has 2 aromatic carbocycles. The summed E-state index contributed by atoms with van der Waals surface area (Å²) < 4.78 is 42.3.